The minimum absolute atomic E-state index is 0.191. The lowest BCUT2D eigenvalue weighted by Crippen LogP contribution is -2.55. The third-order valence-corrected chi connectivity index (χ3v) is 8.02. The average molecular weight is 471 g/mol. The number of ether oxygens (including phenoxy) is 1. The number of hydrogen-bond donors (Lipinski definition) is 0. The molecule has 0 bridgehead atoms. The molecular weight excluding hydrogens is 439 g/mol. The maximum Gasteiger partial charge on any atom is 0.143 e. The minimum Gasteiger partial charge on any atom is -0.495 e. The van der Waals surface area contributed by atoms with E-state index in [2.05, 4.69) is 41.1 Å². The van der Waals surface area contributed by atoms with Gasteiger partial charge in [0.15, 0.2) is 0 Å². The van der Waals surface area contributed by atoms with Crippen LogP contribution >= 0.6 is 0 Å². The molecule has 1 saturated carbocycles. The Bertz CT molecular complexity index is 1330. The van der Waals surface area contributed by atoms with Crippen LogP contribution in [0.4, 0.5) is 4.39 Å². The SMILES string of the molecule is COc1cc(/C=C2\CC3(CC3)CN3C2=NCCC3(C)c2ccc(F)cc2)ccc1-n1cnc(C)c1. The summed E-state index contributed by atoms with van der Waals surface area (Å²) < 4.78 is 21.4. The summed E-state index contributed by atoms with van der Waals surface area (Å²) in [5.74, 6) is 1.71. The van der Waals surface area contributed by atoms with Gasteiger partial charge in [-0.25, -0.2) is 9.37 Å². The molecule has 0 amide bonds. The summed E-state index contributed by atoms with van der Waals surface area (Å²) in [6.07, 6.45) is 10.6. The van der Waals surface area contributed by atoms with E-state index < -0.39 is 0 Å². The Labute approximate surface area is 206 Å². The smallest absolute Gasteiger partial charge is 0.143 e. The Kier molecular flexibility index (Phi) is 5.09. The summed E-state index contributed by atoms with van der Waals surface area (Å²) >= 11 is 0. The lowest BCUT2D eigenvalue weighted by Gasteiger charge is -2.51. The number of halogens is 1. The Morgan fingerprint density at radius 2 is 1.89 bits per heavy atom. The summed E-state index contributed by atoms with van der Waals surface area (Å²) in [6, 6.07) is 13.4. The number of aromatic nitrogens is 2. The summed E-state index contributed by atoms with van der Waals surface area (Å²) in [6.45, 7) is 6.05. The number of benzene rings is 2. The standard InChI is InChI=1S/C29H31FN4O/c1-20-17-33(19-32-20)25-9-4-21(15-26(25)35-3)14-22-16-29(10-11-29)18-34-27(22)31-13-12-28(34,2)23-5-7-24(30)8-6-23/h4-9,14-15,17,19H,10-13,16,18H2,1-3H3/b22-14+. The molecule has 0 radical (unpaired) electrons. The second-order valence-corrected chi connectivity index (χ2v) is 10.5. The normalized spacial score (nSPS) is 23.8. The van der Waals surface area contributed by atoms with Crippen LogP contribution < -0.4 is 4.74 Å². The molecule has 6 heteroatoms. The van der Waals surface area contributed by atoms with Gasteiger partial charge in [0.1, 0.15) is 17.4 Å². The van der Waals surface area contributed by atoms with E-state index in [1.165, 1.54) is 18.4 Å². The molecule has 2 fully saturated rings. The van der Waals surface area contributed by atoms with Gasteiger partial charge < -0.3 is 14.2 Å². The Morgan fingerprint density at radius 1 is 1.09 bits per heavy atom. The third kappa shape index (κ3) is 3.85. The van der Waals surface area contributed by atoms with Gasteiger partial charge in [0.05, 0.1) is 30.4 Å². The van der Waals surface area contributed by atoms with E-state index in [1.807, 2.05) is 36.1 Å². The predicted molar refractivity (Wildman–Crippen MR) is 136 cm³/mol. The number of hydrogen-bond acceptors (Lipinski definition) is 4. The molecule has 1 saturated heterocycles. The molecule has 5 nitrogen and oxygen atoms in total. The number of rotatable bonds is 4. The zero-order valence-corrected chi connectivity index (χ0v) is 20.6. The quantitative estimate of drug-likeness (QED) is 0.476. The van der Waals surface area contributed by atoms with Crippen LogP contribution in [0.2, 0.25) is 0 Å². The Morgan fingerprint density at radius 3 is 2.57 bits per heavy atom. The second-order valence-electron chi connectivity index (χ2n) is 10.5. The maximum absolute atomic E-state index is 13.7. The van der Waals surface area contributed by atoms with Crippen molar-refractivity contribution in [3.05, 3.63) is 83.2 Å². The molecule has 0 N–H and O–H groups in total. The van der Waals surface area contributed by atoms with E-state index in [9.17, 15) is 4.39 Å². The van der Waals surface area contributed by atoms with Gasteiger partial charge in [-0.1, -0.05) is 18.2 Å². The lowest BCUT2D eigenvalue weighted by atomic mass is 9.79. The van der Waals surface area contributed by atoms with Gasteiger partial charge in [0.25, 0.3) is 0 Å². The molecule has 3 aromatic rings. The maximum atomic E-state index is 13.7. The highest BCUT2D eigenvalue weighted by atomic mass is 19.1. The molecule has 1 atom stereocenters. The summed E-state index contributed by atoms with van der Waals surface area (Å²) in [5.41, 5.74) is 5.61. The fraction of sp³-hybridized carbons (Fsp3) is 0.379. The summed E-state index contributed by atoms with van der Waals surface area (Å²) in [4.78, 5) is 11.9. The van der Waals surface area contributed by atoms with Crippen LogP contribution in [0, 0.1) is 18.2 Å². The molecule has 1 aromatic heterocycles. The zero-order chi connectivity index (χ0) is 24.2. The molecule has 180 valence electrons. The van der Waals surface area contributed by atoms with E-state index in [-0.39, 0.29) is 11.4 Å². The third-order valence-electron chi connectivity index (χ3n) is 8.02. The van der Waals surface area contributed by atoms with Crippen LogP contribution in [0.25, 0.3) is 11.8 Å². The number of fused-ring (bicyclic) bond motifs is 1. The molecule has 1 spiro atoms. The topological polar surface area (TPSA) is 42.6 Å². The highest BCUT2D eigenvalue weighted by Crippen LogP contribution is 2.56. The van der Waals surface area contributed by atoms with Crippen LogP contribution in [-0.4, -0.2) is 40.5 Å². The first-order valence-corrected chi connectivity index (χ1v) is 12.4. The van der Waals surface area contributed by atoms with E-state index in [1.54, 1.807) is 19.2 Å². The van der Waals surface area contributed by atoms with E-state index in [4.69, 9.17) is 9.73 Å². The van der Waals surface area contributed by atoms with Crippen molar-refractivity contribution in [3.63, 3.8) is 0 Å². The number of nitrogens with zero attached hydrogens (tertiary/aromatic N) is 4. The number of aliphatic imine (C=N–C) groups is 1. The van der Waals surface area contributed by atoms with Crippen molar-refractivity contribution in [1.29, 1.82) is 0 Å². The molecule has 3 heterocycles. The molecule has 6 rings (SSSR count). The van der Waals surface area contributed by atoms with E-state index in [0.717, 1.165) is 60.0 Å². The lowest BCUT2D eigenvalue weighted by molar-refractivity contribution is 0.129. The van der Waals surface area contributed by atoms with Crippen molar-refractivity contribution < 1.29 is 9.13 Å². The predicted octanol–water partition coefficient (Wildman–Crippen LogP) is 5.92. The number of aryl methyl sites for hydroxylation is 1. The van der Waals surface area contributed by atoms with Crippen LogP contribution in [0.5, 0.6) is 5.75 Å². The van der Waals surface area contributed by atoms with Gasteiger partial charge in [-0.15, -0.1) is 0 Å². The highest BCUT2D eigenvalue weighted by molar-refractivity contribution is 6.04. The van der Waals surface area contributed by atoms with E-state index in [0.29, 0.717) is 5.41 Å². The van der Waals surface area contributed by atoms with Gasteiger partial charge >= 0.3 is 0 Å². The van der Waals surface area contributed by atoms with Crippen molar-refractivity contribution in [2.24, 2.45) is 10.4 Å². The van der Waals surface area contributed by atoms with Gasteiger partial charge in [-0.05, 0) is 92.0 Å². The number of methoxy groups -OCH3 is 1. The second kappa shape index (κ2) is 8.08. The average Bonchev–Trinajstić information content (AvgIpc) is 3.46. The van der Waals surface area contributed by atoms with Crippen molar-refractivity contribution in [2.75, 3.05) is 20.2 Å². The molecule has 1 unspecified atom stereocenters. The minimum atomic E-state index is -0.194. The molecule has 1 aliphatic carbocycles. The fourth-order valence-electron chi connectivity index (χ4n) is 5.72. The first-order chi connectivity index (χ1) is 16.9. The first-order valence-electron chi connectivity index (χ1n) is 12.4. The van der Waals surface area contributed by atoms with Crippen LogP contribution in [0.15, 0.2) is 65.6 Å². The number of amidine groups is 1. The fourth-order valence-corrected chi connectivity index (χ4v) is 5.72. The van der Waals surface area contributed by atoms with Crippen molar-refractivity contribution in [1.82, 2.24) is 14.5 Å². The molecular formula is C29H31FN4O. The van der Waals surface area contributed by atoms with Crippen LogP contribution in [0.1, 0.15) is 49.4 Å². The summed E-state index contributed by atoms with van der Waals surface area (Å²) in [7, 11) is 1.71. The zero-order valence-electron chi connectivity index (χ0n) is 20.6. The molecule has 35 heavy (non-hydrogen) atoms. The van der Waals surface area contributed by atoms with Crippen molar-refractivity contribution in [3.8, 4) is 11.4 Å². The Hall–Kier alpha value is -3.41. The van der Waals surface area contributed by atoms with Crippen LogP contribution in [-0.2, 0) is 5.54 Å². The van der Waals surface area contributed by atoms with Gasteiger partial charge in [-0.2, -0.15) is 0 Å². The van der Waals surface area contributed by atoms with Gasteiger partial charge in [0.2, 0.25) is 0 Å². The highest BCUT2D eigenvalue weighted by Gasteiger charge is 2.53. The number of piperidine rings is 1. The molecule has 3 aliphatic rings. The van der Waals surface area contributed by atoms with Gasteiger partial charge in [0, 0.05) is 19.3 Å². The van der Waals surface area contributed by atoms with Crippen molar-refractivity contribution in [2.45, 2.75) is 45.1 Å². The van der Waals surface area contributed by atoms with Gasteiger partial charge in [-0.3, -0.25) is 4.99 Å². The van der Waals surface area contributed by atoms with Crippen LogP contribution in [0.3, 0.4) is 0 Å². The molecule has 2 aromatic carbocycles. The van der Waals surface area contributed by atoms with Crippen molar-refractivity contribution >= 4 is 11.9 Å². The summed E-state index contributed by atoms with van der Waals surface area (Å²) in [5, 5.41) is 0. The largest absolute Gasteiger partial charge is 0.495 e. The monoisotopic (exact) mass is 470 g/mol. The molecule has 2 aliphatic heterocycles. The first kappa shape index (κ1) is 22.1. The van der Waals surface area contributed by atoms with E-state index >= 15 is 0 Å². The number of imidazole rings is 1. The Balaban J connectivity index is 1.38.